The predicted octanol–water partition coefficient (Wildman–Crippen LogP) is 7.02. The van der Waals surface area contributed by atoms with Crippen LogP contribution in [-0.2, 0) is 23.7 Å². The number of carbonyl (C=O) groups excluding carboxylic acids is 1. The molecule has 3 fully saturated rings. The molecule has 5 nitrogen and oxygen atoms in total. The van der Waals surface area contributed by atoms with Gasteiger partial charge >= 0.3 is 5.97 Å². The summed E-state index contributed by atoms with van der Waals surface area (Å²) in [5, 5.41) is 0. The fourth-order valence-corrected chi connectivity index (χ4v) is 5.31. The smallest absolute Gasteiger partial charge is 0.309 e. The zero-order chi connectivity index (χ0) is 25.9. The van der Waals surface area contributed by atoms with E-state index in [1.807, 2.05) is 24.3 Å². The summed E-state index contributed by atoms with van der Waals surface area (Å²) < 4.78 is 25.1. The van der Waals surface area contributed by atoms with Crippen LogP contribution in [0.5, 0.6) is 0 Å². The first-order chi connectivity index (χ1) is 17.4. The van der Waals surface area contributed by atoms with Gasteiger partial charge in [-0.3, -0.25) is 4.79 Å². The molecule has 7 atom stereocenters. The van der Waals surface area contributed by atoms with E-state index in [1.165, 1.54) is 17.6 Å². The molecule has 3 rings (SSSR count). The SMILES string of the molecule is CC=C1CC2CC(=O)OC(C=CC=CC=C(C)CC)C(C)COC(C)CC3CCCC(CC(C1)O2)O3. The quantitative estimate of drug-likeness (QED) is 0.236. The molecule has 5 heteroatoms. The summed E-state index contributed by atoms with van der Waals surface area (Å²) >= 11 is 0. The fraction of sp³-hybridized carbons (Fsp3) is 0.710. The molecule has 0 amide bonds. The Bertz CT molecular complexity index is 810. The van der Waals surface area contributed by atoms with Crippen molar-refractivity contribution in [1.29, 1.82) is 0 Å². The van der Waals surface area contributed by atoms with E-state index in [0.29, 0.717) is 6.61 Å². The minimum absolute atomic E-state index is 0.0352. The van der Waals surface area contributed by atoms with Crippen LogP contribution in [0.15, 0.2) is 47.6 Å². The molecule has 202 valence electrons. The van der Waals surface area contributed by atoms with Gasteiger partial charge in [-0.05, 0) is 71.8 Å². The zero-order valence-corrected chi connectivity index (χ0v) is 23.1. The van der Waals surface area contributed by atoms with Gasteiger partial charge in [0.25, 0.3) is 0 Å². The summed E-state index contributed by atoms with van der Waals surface area (Å²) in [5.74, 6) is -0.176. The lowest BCUT2D eigenvalue weighted by atomic mass is 9.91. The van der Waals surface area contributed by atoms with Crippen LogP contribution in [0.3, 0.4) is 0 Å². The monoisotopic (exact) mass is 500 g/mol. The number of hydrogen-bond donors (Lipinski definition) is 0. The number of esters is 1. The van der Waals surface area contributed by atoms with Crippen LogP contribution in [0.2, 0.25) is 0 Å². The van der Waals surface area contributed by atoms with E-state index < -0.39 is 0 Å². The normalized spacial score (nSPS) is 36.9. The second kappa shape index (κ2) is 14.9. The molecule has 3 heterocycles. The third kappa shape index (κ3) is 9.64. The summed E-state index contributed by atoms with van der Waals surface area (Å²) in [6.07, 6.45) is 20.6. The highest BCUT2D eigenvalue weighted by atomic mass is 16.6. The molecule has 36 heavy (non-hydrogen) atoms. The van der Waals surface area contributed by atoms with Gasteiger partial charge in [0.2, 0.25) is 0 Å². The summed E-state index contributed by atoms with van der Waals surface area (Å²) in [6.45, 7) is 11.1. The molecule has 0 aromatic rings. The topological polar surface area (TPSA) is 54.0 Å². The standard InChI is InChI=1S/C31H48O5/c1-6-22(3)12-9-8-10-15-30-23(4)21-33-24(5)16-26-13-11-14-27(34-26)19-28-17-25(7-2)18-29(35-28)20-31(32)36-30/h7-10,12,15,23-24,26-30H,6,11,13-14,16-21H2,1-5H3. The van der Waals surface area contributed by atoms with Crippen molar-refractivity contribution in [2.45, 2.75) is 129 Å². The van der Waals surface area contributed by atoms with E-state index in [9.17, 15) is 4.79 Å². The van der Waals surface area contributed by atoms with E-state index >= 15 is 0 Å². The Hall–Kier alpha value is -1.69. The molecule has 0 aromatic carbocycles. The summed E-state index contributed by atoms with van der Waals surface area (Å²) in [4.78, 5) is 13.0. The maximum atomic E-state index is 13.0. The Morgan fingerprint density at radius 1 is 0.944 bits per heavy atom. The number of fused-ring (bicyclic) bond motifs is 4. The largest absolute Gasteiger partial charge is 0.458 e. The third-order valence-corrected chi connectivity index (χ3v) is 7.66. The Labute approximate surface area is 219 Å². The van der Waals surface area contributed by atoms with Crippen molar-refractivity contribution in [3.8, 4) is 0 Å². The molecule has 0 aliphatic carbocycles. The Balaban J connectivity index is 1.75. The minimum atomic E-state index is -0.352. The molecule has 0 N–H and O–H groups in total. The molecule has 7 unspecified atom stereocenters. The van der Waals surface area contributed by atoms with E-state index in [2.05, 4.69) is 46.8 Å². The van der Waals surface area contributed by atoms with Crippen LogP contribution >= 0.6 is 0 Å². The highest BCUT2D eigenvalue weighted by Gasteiger charge is 2.33. The second-order valence-electron chi connectivity index (χ2n) is 10.9. The van der Waals surface area contributed by atoms with Crippen LogP contribution in [0.4, 0.5) is 0 Å². The zero-order valence-electron chi connectivity index (χ0n) is 23.1. The highest BCUT2D eigenvalue weighted by molar-refractivity contribution is 5.70. The average molecular weight is 501 g/mol. The van der Waals surface area contributed by atoms with Gasteiger partial charge in [0.15, 0.2) is 0 Å². The molecule has 0 aromatic heterocycles. The molecule has 0 saturated carbocycles. The van der Waals surface area contributed by atoms with Gasteiger partial charge in [0, 0.05) is 12.3 Å². The maximum absolute atomic E-state index is 13.0. The molecular formula is C31H48O5. The lowest BCUT2D eigenvalue weighted by Crippen LogP contribution is -2.38. The van der Waals surface area contributed by atoms with Crippen LogP contribution in [-0.4, -0.2) is 49.2 Å². The Kier molecular flexibility index (Phi) is 12.0. The van der Waals surface area contributed by atoms with Gasteiger partial charge < -0.3 is 18.9 Å². The van der Waals surface area contributed by atoms with Crippen molar-refractivity contribution in [3.05, 3.63) is 47.6 Å². The van der Waals surface area contributed by atoms with Crippen LogP contribution in [0.25, 0.3) is 0 Å². The molecule has 3 aliphatic rings. The first kappa shape index (κ1) is 28.9. The summed E-state index contributed by atoms with van der Waals surface area (Å²) in [6, 6.07) is 0. The van der Waals surface area contributed by atoms with Crippen LogP contribution in [0.1, 0.15) is 92.4 Å². The fourth-order valence-electron chi connectivity index (χ4n) is 5.31. The van der Waals surface area contributed by atoms with Gasteiger partial charge in [-0.2, -0.15) is 0 Å². The molecule has 0 radical (unpaired) electrons. The number of carbonyl (C=O) groups is 1. The van der Waals surface area contributed by atoms with Crippen LogP contribution in [0, 0.1) is 5.92 Å². The molecular weight excluding hydrogens is 452 g/mol. The molecule has 0 spiro atoms. The van der Waals surface area contributed by atoms with Gasteiger partial charge in [-0.15, -0.1) is 0 Å². The van der Waals surface area contributed by atoms with Gasteiger partial charge in [-0.1, -0.05) is 55.4 Å². The van der Waals surface area contributed by atoms with E-state index in [0.717, 1.165) is 44.9 Å². The van der Waals surface area contributed by atoms with Crippen molar-refractivity contribution in [1.82, 2.24) is 0 Å². The van der Waals surface area contributed by atoms with E-state index in [4.69, 9.17) is 18.9 Å². The lowest BCUT2D eigenvalue weighted by molar-refractivity contribution is -0.158. The number of rotatable bonds is 4. The maximum Gasteiger partial charge on any atom is 0.309 e. The highest BCUT2D eigenvalue weighted by Crippen LogP contribution is 2.33. The van der Waals surface area contributed by atoms with Gasteiger partial charge in [0.1, 0.15) is 6.10 Å². The summed E-state index contributed by atoms with van der Waals surface area (Å²) in [7, 11) is 0. The minimum Gasteiger partial charge on any atom is -0.458 e. The van der Waals surface area contributed by atoms with E-state index in [1.54, 1.807) is 0 Å². The second-order valence-corrected chi connectivity index (χ2v) is 10.9. The Morgan fingerprint density at radius 3 is 2.42 bits per heavy atom. The van der Waals surface area contributed by atoms with E-state index in [-0.39, 0.29) is 54.9 Å². The first-order valence-corrected chi connectivity index (χ1v) is 14.1. The number of ether oxygens (including phenoxy) is 4. The summed E-state index contributed by atoms with van der Waals surface area (Å²) in [5.41, 5.74) is 2.69. The van der Waals surface area contributed by atoms with Crippen molar-refractivity contribution < 1.29 is 23.7 Å². The number of allylic oxidation sites excluding steroid dienone is 6. The Morgan fingerprint density at radius 2 is 1.67 bits per heavy atom. The van der Waals surface area contributed by atoms with Crippen molar-refractivity contribution in [2.24, 2.45) is 5.92 Å². The van der Waals surface area contributed by atoms with Crippen molar-refractivity contribution in [3.63, 3.8) is 0 Å². The third-order valence-electron chi connectivity index (χ3n) is 7.66. The molecule has 3 aliphatic heterocycles. The predicted molar refractivity (Wildman–Crippen MR) is 145 cm³/mol. The molecule has 4 bridgehead atoms. The molecule has 3 saturated heterocycles. The average Bonchev–Trinajstić information content (AvgIpc) is 2.85. The van der Waals surface area contributed by atoms with Gasteiger partial charge in [-0.25, -0.2) is 0 Å². The number of hydrogen-bond acceptors (Lipinski definition) is 5. The van der Waals surface area contributed by atoms with Crippen LogP contribution < -0.4 is 0 Å². The van der Waals surface area contributed by atoms with Crippen molar-refractivity contribution in [2.75, 3.05) is 6.61 Å². The lowest BCUT2D eigenvalue weighted by Gasteiger charge is -2.37. The van der Waals surface area contributed by atoms with Crippen molar-refractivity contribution >= 4 is 5.97 Å². The first-order valence-electron chi connectivity index (χ1n) is 14.1. The van der Waals surface area contributed by atoms with Gasteiger partial charge in [0.05, 0.1) is 43.5 Å². The number of cyclic esters (lactones) is 1.